The maximum Gasteiger partial charge on any atom is 0.275 e. The Kier molecular flexibility index (Phi) is 2.46. The second kappa shape index (κ2) is 3.41. The van der Waals surface area contributed by atoms with Crippen molar-refractivity contribution in [2.24, 2.45) is 0 Å². The first-order chi connectivity index (χ1) is 6.43. The molecule has 0 aliphatic carbocycles. The molecule has 0 radical (unpaired) electrons. The molecule has 0 aromatic heterocycles. The summed E-state index contributed by atoms with van der Waals surface area (Å²) in [4.78, 5) is 19.9. The van der Waals surface area contributed by atoms with Gasteiger partial charge in [-0.25, -0.2) is 0 Å². The minimum Gasteiger partial charge on any atom is -0.258 e. The second-order valence-corrected chi connectivity index (χ2v) is 2.94. The highest BCUT2D eigenvalue weighted by Crippen LogP contribution is 2.27. The third kappa shape index (κ3) is 1.68. The molecule has 0 N–H and O–H groups in total. The Morgan fingerprint density at radius 3 is 1.71 bits per heavy atom. The zero-order valence-electron chi connectivity index (χ0n) is 7.68. The van der Waals surface area contributed by atoms with Crippen molar-refractivity contribution in [1.82, 2.24) is 0 Å². The number of nitro groups is 2. The molecule has 6 heteroatoms. The quantitative estimate of drug-likeness (QED) is 0.535. The molecule has 1 aromatic rings. The maximum atomic E-state index is 10.6. The summed E-state index contributed by atoms with van der Waals surface area (Å²) in [7, 11) is 0. The van der Waals surface area contributed by atoms with E-state index in [0.29, 0.717) is 11.1 Å². The summed E-state index contributed by atoms with van der Waals surface area (Å²) in [6.07, 6.45) is 0. The predicted molar refractivity (Wildman–Crippen MR) is 49.2 cm³/mol. The van der Waals surface area contributed by atoms with E-state index in [1.807, 2.05) is 0 Å². The summed E-state index contributed by atoms with van der Waals surface area (Å²) >= 11 is 0. The molecule has 74 valence electrons. The third-order valence-corrected chi connectivity index (χ3v) is 1.87. The predicted octanol–water partition coefficient (Wildman–Crippen LogP) is 2.12. The highest BCUT2D eigenvalue weighted by atomic mass is 16.6. The van der Waals surface area contributed by atoms with Crippen LogP contribution in [0.2, 0.25) is 0 Å². The lowest BCUT2D eigenvalue weighted by Crippen LogP contribution is -1.97. The van der Waals surface area contributed by atoms with E-state index in [1.165, 1.54) is 26.0 Å². The Hall–Kier alpha value is -1.98. The van der Waals surface area contributed by atoms with E-state index < -0.39 is 9.85 Å². The molecule has 0 bridgehead atoms. The molecule has 0 saturated heterocycles. The van der Waals surface area contributed by atoms with Gasteiger partial charge in [-0.15, -0.1) is 0 Å². The highest BCUT2D eigenvalue weighted by Gasteiger charge is 2.19. The van der Waals surface area contributed by atoms with Crippen LogP contribution in [-0.2, 0) is 0 Å². The lowest BCUT2D eigenvalue weighted by molar-refractivity contribution is -0.390. The fraction of sp³-hybridized carbons (Fsp3) is 0.250. The van der Waals surface area contributed by atoms with Crippen molar-refractivity contribution in [2.75, 3.05) is 0 Å². The third-order valence-electron chi connectivity index (χ3n) is 1.87. The molecule has 0 unspecified atom stereocenters. The van der Waals surface area contributed by atoms with E-state index in [2.05, 4.69) is 0 Å². The molecule has 0 saturated carbocycles. The SMILES string of the molecule is Cc1cc([N+](=O)[O-])cc(C)c1[N+](=O)[O-]. The van der Waals surface area contributed by atoms with Gasteiger partial charge in [-0.3, -0.25) is 20.2 Å². The van der Waals surface area contributed by atoms with E-state index in [9.17, 15) is 20.2 Å². The van der Waals surface area contributed by atoms with Gasteiger partial charge >= 0.3 is 0 Å². The molecule has 0 spiro atoms. The van der Waals surface area contributed by atoms with Gasteiger partial charge in [-0.2, -0.15) is 0 Å². The smallest absolute Gasteiger partial charge is 0.258 e. The number of rotatable bonds is 2. The lowest BCUT2D eigenvalue weighted by Gasteiger charge is -2.00. The van der Waals surface area contributed by atoms with E-state index >= 15 is 0 Å². The average molecular weight is 196 g/mol. The van der Waals surface area contributed by atoms with E-state index in [0.717, 1.165) is 0 Å². The molecule has 0 amide bonds. The minimum atomic E-state index is -0.566. The van der Waals surface area contributed by atoms with Crippen LogP contribution in [0.5, 0.6) is 0 Å². The van der Waals surface area contributed by atoms with Crippen molar-refractivity contribution in [3.63, 3.8) is 0 Å². The van der Waals surface area contributed by atoms with E-state index in [-0.39, 0.29) is 11.4 Å². The number of non-ortho nitro benzene ring substituents is 1. The highest BCUT2D eigenvalue weighted by molar-refractivity contribution is 5.53. The topological polar surface area (TPSA) is 86.3 Å². The fourth-order valence-corrected chi connectivity index (χ4v) is 1.33. The van der Waals surface area contributed by atoms with E-state index in [1.54, 1.807) is 0 Å². The molecule has 0 heterocycles. The van der Waals surface area contributed by atoms with Gasteiger partial charge in [-0.05, 0) is 13.8 Å². The Labute approximate surface area is 79.5 Å². The molecule has 0 aliphatic rings. The minimum absolute atomic E-state index is 0.0596. The molecular weight excluding hydrogens is 188 g/mol. The summed E-state index contributed by atoms with van der Waals surface area (Å²) in [6.45, 7) is 2.97. The summed E-state index contributed by atoms with van der Waals surface area (Å²) in [5.41, 5.74) is 0.435. The largest absolute Gasteiger partial charge is 0.275 e. The van der Waals surface area contributed by atoms with Crippen molar-refractivity contribution in [1.29, 1.82) is 0 Å². The van der Waals surface area contributed by atoms with Crippen molar-refractivity contribution in [3.05, 3.63) is 43.5 Å². The second-order valence-electron chi connectivity index (χ2n) is 2.94. The first-order valence-electron chi connectivity index (χ1n) is 3.83. The van der Waals surface area contributed by atoms with Crippen molar-refractivity contribution in [2.45, 2.75) is 13.8 Å². The van der Waals surface area contributed by atoms with Gasteiger partial charge < -0.3 is 0 Å². The van der Waals surface area contributed by atoms with Crippen LogP contribution < -0.4 is 0 Å². The van der Waals surface area contributed by atoms with Crippen LogP contribution in [0.25, 0.3) is 0 Å². The van der Waals surface area contributed by atoms with Crippen LogP contribution in [0.15, 0.2) is 12.1 Å². The zero-order chi connectivity index (χ0) is 10.9. The molecular formula is C8H8N2O4. The summed E-state index contributed by atoms with van der Waals surface area (Å²) in [6, 6.07) is 2.40. The number of aryl methyl sites for hydroxylation is 2. The van der Waals surface area contributed by atoms with Crippen LogP contribution in [0.3, 0.4) is 0 Å². The number of hydrogen-bond donors (Lipinski definition) is 0. The summed E-state index contributed by atoms with van der Waals surface area (Å²) in [5, 5.41) is 21.0. The van der Waals surface area contributed by atoms with Gasteiger partial charge in [0.15, 0.2) is 0 Å². The Morgan fingerprint density at radius 1 is 1.00 bits per heavy atom. The monoisotopic (exact) mass is 196 g/mol. The van der Waals surface area contributed by atoms with Gasteiger partial charge in [0.25, 0.3) is 11.4 Å². The van der Waals surface area contributed by atoms with Gasteiger partial charge in [-0.1, -0.05) is 0 Å². The van der Waals surface area contributed by atoms with Gasteiger partial charge in [0, 0.05) is 23.3 Å². The van der Waals surface area contributed by atoms with Crippen LogP contribution in [0.1, 0.15) is 11.1 Å². The van der Waals surface area contributed by atoms with Crippen molar-refractivity contribution < 1.29 is 9.85 Å². The summed E-state index contributed by atoms with van der Waals surface area (Å²) in [5.74, 6) is 0. The summed E-state index contributed by atoms with van der Waals surface area (Å²) < 4.78 is 0. The zero-order valence-corrected chi connectivity index (χ0v) is 7.68. The molecule has 0 atom stereocenters. The fourth-order valence-electron chi connectivity index (χ4n) is 1.33. The van der Waals surface area contributed by atoms with Crippen molar-refractivity contribution in [3.8, 4) is 0 Å². The molecule has 14 heavy (non-hydrogen) atoms. The molecule has 1 aromatic carbocycles. The number of benzene rings is 1. The molecule has 0 fully saturated rings. The molecule has 1 rings (SSSR count). The van der Waals surface area contributed by atoms with E-state index in [4.69, 9.17) is 0 Å². The van der Waals surface area contributed by atoms with Crippen LogP contribution in [0, 0.1) is 34.1 Å². The maximum absolute atomic E-state index is 10.6. The van der Waals surface area contributed by atoms with Gasteiger partial charge in [0.2, 0.25) is 0 Å². The van der Waals surface area contributed by atoms with Crippen LogP contribution in [0.4, 0.5) is 11.4 Å². The Morgan fingerprint density at radius 2 is 1.43 bits per heavy atom. The number of hydrogen-bond acceptors (Lipinski definition) is 4. The number of nitrogens with zero attached hydrogens (tertiary/aromatic N) is 2. The first-order valence-corrected chi connectivity index (χ1v) is 3.83. The Bertz CT molecular complexity index is 391. The lowest BCUT2D eigenvalue weighted by atomic mass is 10.1. The first kappa shape index (κ1) is 10.1. The van der Waals surface area contributed by atoms with Crippen LogP contribution in [-0.4, -0.2) is 9.85 Å². The molecule has 0 aliphatic heterocycles. The normalized spacial score (nSPS) is 9.86. The number of nitro benzene ring substituents is 2. The van der Waals surface area contributed by atoms with Gasteiger partial charge in [0.1, 0.15) is 0 Å². The standard InChI is InChI=1S/C8H8N2O4/c1-5-3-7(9(11)12)4-6(2)8(5)10(13)14/h3-4H,1-2H3. The van der Waals surface area contributed by atoms with Gasteiger partial charge in [0.05, 0.1) is 9.85 Å². The Balaban J connectivity index is 3.39. The average Bonchev–Trinajstić information content (AvgIpc) is 2.01. The molecule has 6 nitrogen and oxygen atoms in total. The van der Waals surface area contributed by atoms with Crippen molar-refractivity contribution >= 4 is 11.4 Å². The van der Waals surface area contributed by atoms with Crippen LogP contribution >= 0.6 is 0 Å².